The number of carbonyl (C=O) groups is 2. The van der Waals surface area contributed by atoms with E-state index in [9.17, 15) is 14.0 Å². The van der Waals surface area contributed by atoms with Gasteiger partial charge in [0, 0.05) is 17.6 Å². The van der Waals surface area contributed by atoms with Gasteiger partial charge >= 0.3 is 0 Å². The van der Waals surface area contributed by atoms with Crippen LogP contribution in [-0.4, -0.2) is 35.4 Å². The highest BCUT2D eigenvalue weighted by molar-refractivity contribution is 6.35. The Morgan fingerprint density at radius 3 is 2.45 bits per heavy atom. The Morgan fingerprint density at radius 2 is 1.82 bits per heavy atom. The molecule has 1 fully saturated rings. The molecular weight excluding hydrogens is 466 g/mol. The monoisotopic (exact) mass is 494 g/mol. The SMILES string of the molecule is CCC(C(=O)NC1CCCCC1)N(Cc1ccc(F)cc1)C(=O)COc1ccc(Cl)cc1Cl. The molecule has 5 nitrogen and oxygen atoms in total. The smallest absolute Gasteiger partial charge is 0.261 e. The summed E-state index contributed by atoms with van der Waals surface area (Å²) in [6, 6.07) is 10.1. The molecule has 1 aliphatic carbocycles. The van der Waals surface area contributed by atoms with Gasteiger partial charge in [0.05, 0.1) is 5.02 Å². The summed E-state index contributed by atoms with van der Waals surface area (Å²) in [6.45, 7) is 1.73. The van der Waals surface area contributed by atoms with Crippen LogP contribution in [0.2, 0.25) is 10.0 Å². The van der Waals surface area contributed by atoms with E-state index in [-0.39, 0.29) is 36.8 Å². The predicted octanol–water partition coefficient (Wildman–Crippen LogP) is 5.77. The molecule has 0 saturated heterocycles. The molecule has 33 heavy (non-hydrogen) atoms. The molecule has 178 valence electrons. The lowest BCUT2D eigenvalue weighted by molar-refractivity contribution is -0.143. The van der Waals surface area contributed by atoms with Gasteiger partial charge in [-0.2, -0.15) is 0 Å². The van der Waals surface area contributed by atoms with Crippen LogP contribution in [0, 0.1) is 5.82 Å². The molecule has 0 spiro atoms. The number of halogens is 3. The molecule has 2 amide bonds. The van der Waals surface area contributed by atoms with E-state index in [0.717, 1.165) is 31.2 Å². The van der Waals surface area contributed by atoms with Crippen molar-refractivity contribution in [1.82, 2.24) is 10.2 Å². The Hall–Kier alpha value is -2.31. The summed E-state index contributed by atoms with van der Waals surface area (Å²) in [6.07, 6.45) is 5.71. The summed E-state index contributed by atoms with van der Waals surface area (Å²) in [5, 5.41) is 3.87. The largest absolute Gasteiger partial charge is 0.482 e. The maximum atomic E-state index is 13.4. The third-order valence-corrected chi connectivity index (χ3v) is 6.38. The highest BCUT2D eigenvalue weighted by Crippen LogP contribution is 2.27. The molecule has 1 N–H and O–H groups in total. The van der Waals surface area contributed by atoms with Crippen molar-refractivity contribution in [2.75, 3.05) is 6.61 Å². The third-order valence-electron chi connectivity index (χ3n) is 5.85. The Labute approximate surface area is 204 Å². The molecule has 0 aromatic heterocycles. The molecule has 8 heteroatoms. The highest BCUT2D eigenvalue weighted by Gasteiger charge is 2.30. The van der Waals surface area contributed by atoms with E-state index in [4.69, 9.17) is 27.9 Å². The summed E-state index contributed by atoms with van der Waals surface area (Å²) >= 11 is 12.1. The number of benzene rings is 2. The van der Waals surface area contributed by atoms with Crippen LogP contribution >= 0.6 is 23.2 Å². The minimum atomic E-state index is -0.672. The predicted molar refractivity (Wildman–Crippen MR) is 128 cm³/mol. The fourth-order valence-corrected chi connectivity index (χ4v) is 4.53. The molecule has 2 aromatic carbocycles. The van der Waals surface area contributed by atoms with E-state index in [1.54, 1.807) is 24.3 Å². The van der Waals surface area contributed by atoms with Gasteiger partial charge in [-0.1, -0.05) is 61.5 Å². The van der Waals surface area contributed by atoms with Crippen molar-refractivity contribution in [2.24, 2.45) is 0 Å². The number of amides is 2. The average Bonchev–Trinajstić information content (AvgIpc) is 2.80. The van der Waals surface area contributed by atoms with Gasteiger partial charge in [-0.25, -0.2) is 4.39 Å². The zero-order valence-electron chi connectivity index (χ0n) is 18.7. The van der Waals surface area contributed by atoms with Crippen LogP contribution < -0.4 is 10.1 Å². The fourth-order valence-electron chi connectivity index (χ4n) is 4.06. The molecule has 1 aliphatic rings. The summed E-state index contributed by atoms with van der Waals surface area (Å²) < 4.78 is 19.0. The number of hydrogen-bond acceptors (Lipinski definition) is 3. The van der Waals surface area contributed by atoms with Crippen molar-refractivity contribution in [3.05, 3.63) is 63.9 Å². The van der Waals surface area contributed by atoms with Crippen molar-refractivity contribution < 1.29 is 18.7 Å². The number of carbonyl (C=O) groups excluding carboxylic acids is 2. The first kappa shape index (κ1) is 25.3. The van der Waals surface area contributed by atoms with Crippen LogP contribution in [0.15, 0.2) is 42.5 Å². The summed E-state index contributed by atoms with van der Waals surface area (Å²) in [5.74, 6) is -0.573. The number of nitrogens with one attached hydrogen (secondary N) is 1. The van der Waals surface area contributed by atoms with Crippen LogP contribution in [0.5, 0.6) is 5.75 Å². The van der Waals surface area contributed by atoms with Gasteiger partial charge in [0.2, 0.25) is 5.91 Å². The number of hydrogen-bond donors (Lipinski definition) is 1. The van der Waals surface area contributed by atoms with Crippen LogP contribution in [0.25, 0.3) is 0 Å². The first-order valence-corrected chi connectivity index (χ1v) is 12.0. The molecule has 0 bridgehead atoms. The Bertz CT molecular complexity index is 949. The second-order valence-electron chi connectivity index (χ2n) is 8.28. The van der Waals surface area contributed by atoms with Crippen LogP contribution in [0.3, 0.4) is 0 Å². The van der Waals surface area contributed by atoms with Crippen LogP contribution in [0.4, 0.5) is 4.39 Å². The molecule has 2 aromatic rings. The quantitative estimate of drug-likeness (QED) is 0.481. The average molecular weight is 495 g/mol. The molecule has 1 unspecified atom stereocenters. The van der Waals surface area contributed by atoms with Crippen LogP contribution in [-0.2, 0) is 16.1 Å². The molecule has 0 radical (unpaired) electrons. The first-order chi connectivity index (χ1) is 15.9. The molecular formula is C25H29Cl2FN2O3. The Kier molecular flexibility index (Phi) is 9.39. The van der Waals surface area contributed by atoms with E-state index < -0.39 is 6.04 Å². The lowest BCUT2D eigenvalue weighted by atomic mass is 9.95. The second-order valence-corrected chi connectivity index (χ2v) is 9.12. The molecule has 3 rings (SSSR count). The van der Waals surface area contributed by atoms with E-state index in [0.29, 0.717) is 22.2 Å². The van der Waals surface area contributed by atoms with Crippen molar-refractivity contribution in [1.29, 1.82) is 0 Å². The van der Waals surface area contributed by atoms with Gasteiger partial charge in [0.1, 0.15) is 17.6 Å². The Balaban J connectivity index is 1.76. The maximum absolute atomic E-state index is 13.4. The van der Waals surface area contributed by atoms with Gasteiger partial charge < -0.3 is 15.0 Å². The second kappa shape index (κ2) is 12.2. The third kappa shape index (κ3) is 7.34. The summed E-state index contributed by atoms with van der Waals surface area (Å²) in [5.41, 5.74) is 0.721. The van der Waals surface area contributed by atoms with Gasteiger partial charge in [-0.15, -0.1) is 0 Å². The number of nitrogens with zero attached hydrogens (tertiary/aromatic N) is 1. The van der Waals surface area contributed by atoms with Crippen LogP contribution in [0.1, 0.15) is 51.0 Å². The highest BCUT2D eigenvalue weighted by atomic mass is 35.5. The first-order valence-electron chi connectivity index (χ1n) is 11.3. The van der Waals surface area contributed by atoms with E-state index in [1.807, 2.05) is 6.92 Å². The van der Waals surface area contributed by atoms with Gasteiger partial charge in [-0.05, 0) is 55.2 Å². The van der Waals surface area contributed by atoms with Crippen molar-refractivity contribution in [3.63, 3.8) is 0 Å². The maximum Gasteiger partial charge on any atom is 0.261 e. The molecule has 1 saturated carbocycles. The molecule has 0 heterocycles. The number of rotatable bonds is 9. The minimum Gasteiger partial charge on any atom is -0.482 e. The normalized spacial score (nSPS) is 15.0. The van der Waals surface area contributed by atoms with Crippen molar-refractivity contribution in [3.8, 4) is 5.75 Å². The molecule has 0 aliphatic heterocycles. The van der Waals surface area contributed by atoms with Gasteiger partial charge in [0.25, 0.3) is 5.91 Å². The lowest BCUT2D eigenvalue weighted by Crippen LogP contribution is -2.52. The zero-order valence-corrected chi connectivity index (χ0v) is 20.2. The molecule has 1 atom stereocenters. The van der Waals surface area contributed by atoms with Gasteiger partial charge in [-0.3, -0.25) is 9.59 Å². The van der Waals surface area contributed by atoms with E-state index in [2.05, 4.69) is 5.32 Å². The fraction of sp³-hybridized carbons (Fsp3) is 0.440. The topological polar surface area (TPSA) is 58.6 Å². The zero-order chi connectivity index (χ0) is 23.8. The summed E-state index contributed by atoms with van der Waals surface area (Å²) in [7, 11) is 0. The van der Waals surface area contributed by atoms with Crippen molar-refractivity contribution in [2.45, 2.75) is 64.1 Å². The Morgan fingerprint density at radius 1 is 1.12 bits per heavy atom. The number of ether oxygens (including phenoxy) is 1. The lowest BCUT2D eigenvalue weighted by Gasteiger charge is -2.32. The minimum absolute atomic E-state index is 0.132. The van der Waals surface area contributed by atoms with E-state index in [1.165, 1.54) is 29.5 Å². The van der Waals surface area contributed by atoms with Gasteiger partial charge in [0.15, 0.2) is 6.61 Å². The van der Waals surface area contributed by atoms with E-state index >= 15 is 0 Å². The standard InChI is InChI=1S/C25H29Cl2FN2O3/c1-2-22(25(32)29-20-6-4-3-5-7-20)30(15-17-8-11-19(28)12-9-17)24(31)16-33-23-13-10-18(26)14-21(23)27/h8-14,20,22H,2-7,15-16H2,1H3,(H,29,32). The summed E-state index contributed by atoms with van der Waals surface area (Å²) in [4.78, 5) is 27.9. The van der Waals surface area contributed by atoms with Crippen molar-refractivity contribution >= 4 is 35.0 Å².